The van der Waals surface area contributed by atoms with Crippen LogP contribution < -0.4 is 0 Å². The van der Waals surface area contributed by atoms with Gasteiger partial charge in [0.05, 0.1) is 0 Å². The summed E-state index contributed by atoms with van der Waals surface area (Å²) in [5.74, 6) is 2.08. The highest BCUT2D eigenvalue weighted by Crippen LogP contribution is 2.18. The molecular weight excluding hydrogens is 116 g/mol. The third kappa shape index (κ3) is 2.61. The molecule has 0 radical (unpaired) electrons. The summed E-state index contributed by atoms with van der Waals surface area (Å²) >= 11 is 4.38. The molecule has 0 aromatic heterocycles. The van der Waals surface area contributed by atoms with Gasteiger partial charge in [0.2, 0.25) is 0 Å². The minimum absolute atomic E-state index is 0.481. The molecule has 0 heterocycles. The number of thiol groups is 1. The molecule has 0 spiro atoms. The molecule has 0 aromatic carbocycles. The Morgan fingerprint density at radius 1 is 1.25 bits per heavy atom. The second kappa shape index (κ2) is 3.39. The van der Waals surface area contributed by atoms with E-state index >= 15 is 0 Å². The van der Waals surface area contributed by atoms with Gasteiger partial charge >= 0.3 is 0 Å². The van der Waals surface area contributed by atoms with Crippen LogP contribution in [0.2, 0.25) is 0 Å². The smallest absolute Gasteiger partial charge is 0.0628 e. The van der Waals surface area contributed by atoms with Crippen molar-refractivity contribution < 1.29 is 0 Å². The number of hydrogen-bond acceptors (Lipinski definition) is 1. The number of rotatable bonds is 2. The van der Waals surface area contributed by atoms with Crippen LogP contribution in [0.15, 0.2) is 0 Å². The Bertz CT molecular complexity index is 49.4. The third-order valence-corrected chi connectivity index (χ3v) is 2.34. The first-order valence-electron chi connectivity index (χ1n) is 3.03. The van der Waals surface area contributed by atoms with Crippen LogP contribution in [0.25, 0.3) is 0 Å². The standard InChI is InChI=1S/C7H15S/c1-5(2)7(8)6(3)4/h5,7-8H,1-4H3/q-1. The normalized spacial score (nSPS) is 15.4. The van der Waals surface area contributed by atoms with Crippen molar-refractivity contribution in [1.82, 2.24) is 0 Å². The van der Waals surface area contributed by atoms with Crippen molar-refractivity contribution in [3.63, 3.8) is 0 Å². The highest BCUT2D eigenvalue weighted by molar-refractivity contribution is 7.81. The Labute approximate surface area is 58.1 Å². The third-order valence-electron chi connectivity index (χ3n) is 1.22. The summed E-state index contributed by atoms with van der Waals surface area (Å²) in [5.41, 5.74) is 0. The van der Waals surface area contributed by atoms with Crippen molar-refractivity contribution in [3.05, 3.63) is 5.92 Å². The summed E-state index contributed by atoms with van der Waals surface area (Å²) in [6, 6.07) is 0. The van der Waals surface area contributed by atoms with Gasteiger partial charge in [-0.25, -0.2) is 12.6 Å². The molecule has 8 heavy (non-hydrogen) atoms. The van der Waals surface area contributed by atoms with E-state index in [4.69, 9.17) is 0 Å². The van der Waals surface area contributed by atoms with Gasteiger partial charge in [-0.1, -0.05) is 19.8 Å². The first-order chi connectivity index (χ1) is 3.55. The van der Waals surface area contributed by atoms with Crippen LogP contribution in [0.5, 0.6) is 0 Å². The van der Waals surface area contributed by atoms with Crippen LogP contribution in [0.3, 0.4) is 0 Å². The second-order valence-electron chi connectivity index (χ2n) is 2.77. The lowest BCUT2D eigenvalue weighted by Gasteiger charge is -2.30. The molecule has 0 amide bonds. The summed E-state index contributed by atoms with van der Waals surface area (Å²) in [5, 5.41) is 0.481. The fourth-order valence-electron chi connectivity index (χ4n) is 0.667. The van der Waals surface area contributed by atoms with E-state index in [1.54, 1.807) is 0 Å². The summed E-state index contributed by atoms with van der Waals surface area (Å²) in [7, 11) is 0. The fraction of sp³-hybridized carbons (Fsp3) is 0.857. The van der Waals surface area contributed by atoms with Crippen LogP contribution >= 0.6 is 12.6 Å². The lowest BCUT2D eigenvalue weighted by Crippen LogP contribution is -2.12. The molecular formula is C7H15S-. The largest absolute Gasteiger partial charge is 0.307 e. The predicted octanol–water partition coefficient (Wildman–Crippen LogP) is 2.56. The molecule has 1 unspecified atom stereocenters. The summed E-state index contributed by atoms with van der Waals surface area (Å²) < 4.78 is 0. The van der Waals surface area contributed by atoms with E-state index in [9.17, 15) is 0 Å². The van der Waals surface area contributed by atoms with Gasteiger partial charge in [-0.15, -0.1) is 5.25 Å². The molecule has 0 rings (SSSR count). The molecule has 0 aliphatic carbocycles. The van der Waals surface area contributed by atoms with Crippen molar-refractivity contribution in [2.45, 2.75) is 32.9 Å². The maximum Gasteiger partial charge on any atom is -0.0628 e. The molecule has 0 nitrogen and oxygen atoms in total. The van der Waals surface area contributed by atoms with E-state index in [0.717, 1.165) is 0 Å². The van der Waals surface area contributed by atoms with E-state index in [1.807, 2.05) is 0 Å². The lowest BCUT2D eigenvalue weighted by molar-refractivity contribution is 0.620. The molecule has 0 aliphatic rings. The van der Waals surface area contributed by atoms with Crippen LogP contribution in [-0.2, 0) is 0 Å². The molecule has 0 aromatic rings. The van der Waals surface area contributed by atoms with Gasteiger partial charge in [0.15, 0.2) is 0 Å². The first kappa shape index (κ1) is 8.35. The Morgan fingerprint density at radius 2 is 1.62 bits per heavy atom. The van der Waals surface area contributed by atoms with Crippen LogP contribution in [-0.4, -0.2) is 5.25 Å². The zero-order valence-corrected chi connectivity index (χ0v) is 7.00. The molecule has 0 bridgehead atoms. The topological polar surface area (TPSA) is 0 Å². The average molecular weight is 131 g/mol. The molecule has 50 valence electrons. The van der Waals surface area contributed by atoms with Crippen molar-refractivity contribution in [3.8, 4) is 0 Å². The number of hydrogen-bond donors (Lipinski definition) is 1. The Balaban J connectivity index is 3.46. The molecule has 0 aliphatic heterocycles. The SMILES string of the molecule is C[C-](C)C(S)C(C)C. The van der Waals surface area contributed by atoms with E-state index in [2.05, 4.69) is 40.3 Å². The van der Waals surface area contributed by atoms with Gasteiger partial charge in [-0.3, -0.25) is 0 Å². The predicted molar refractivity (Wildman–Crippen MR) is 42.2 cm³/mol. The second-order valence-corrected chi connectivity index (χ2v) is 3.32. The fourth-order valence-corrected chi connectivity index (χ4v) is 0.667. The quantitative estimate of drug-likeness (QED) is 0.432. The van der Waals surface area contributed by atoms with Gasteiger partial charge in [-0.2, -0.15) is 13.8 Å². The Morgan fingerprint density at radius 3 is 1.62 bits per heavy atom. The summed E-state index contributed by atoms with van der Waals surface area (Å²) in [4.78, 5) is 0. The van der Waals surface area contributed by atoms with Gasteiger partial charge < -0.3 is 5.92 Å². The van der Waals surface area contributed by atoms with Crippen LogP contribution in [0.1, 0.15) is 27.7 Å². The van der Waals surface area contributed by atoms with Gasteiger partial charge in [0, 0.05) is 0 Å². The first-order valence-corrected chi connectivity index (χ1v) is 3.55. The average Bonchev–Trinajstić information content (AvgIpc) is 1.64. The highest BCUT2D eigenvalue weighted by Gasteiger charge is 1.99. The highest BCUT2D eigenvalue weighted by atomic mass is 32.1. The summed E-state index contributed by atoms with van der Waals surface area (Å²) in [6.45, 7) is 8.62. The van der Waals surface area contributed by atoms with Crippen molar-refractivity contribution >= 4 is 12.6 Å². The molecule has 0 fully saturated rings. The van der Waals surface area contributed by atoms with Crippen molar-refractivity contribution in [2.75, 3.05) is 0 Å². The van der Waals surface area contributed by atoms with Crippen molar-refractivity contribution in [2.24, 2.45) is 5.92 Å². The lowest BCUT2D eigenvalue weighted by atomic mass is 10.0. The Hall–Kier alpha value is 0.350. The van der Waals surface area contributed by atoms with Crippen LogP contribution in [0, 0.1) is 11.8 Å². The minimum Gasteiger partial charge on any atom is -0.307 e. The maximum atomic E-state index is 4.38. The zero-order chi connectivity index (χ0) is 6.73. The van der Waals surface area contributed by atoms with E-state index < -0.39 is 0 Å². The van der Waals surface area contributed by atoms with Gasteiger partial charge in [0.1, 0.15) is 0 Å². The molecule has 0 saturated carbocycles. The minimum atomic E-state index is 0.481. The monoisotopic (exact) mass is 131 g/mol. The van der Waals surface area contributed by atoms with E-state index in [-0.39, 0.29) is 0 Å². The van der Waals surface area contributed by atoms with Crippen LogP contribution in [0.4, 0.5) is 0 Å². The zero-order valence-electron chi connectivity index (χ0n) is 6.10. The van der Waals surface area contributed by atoms with E-state index in [0.29, 0.717) is 11.2 Å². The molecule has 0 saturated heterocycles. The summed E-state index contributed by atoms with van der Waals surface area (Å²) in [6.07, 6.45) is 0. The molecule has 0 N–H and O–H groups in total. The molecule has 1 heteroatoms. The van der Waals surface area contributed by atoms with E-state index in [1.165, 1.54) is 5.92 Å². The van der Waals surface area contributed by atoms with Gasteiger partial charge in [0.25, 0.3) is 0 Å². The Kier molecular flexibility index (Phi) is 3.54. The van der Waals surface area contributed by atoms with Crippen molar-refractivity contribution in [1.29, 1.82) is 0 Å². The van der Waals surface area contributed by atoms with Gasteiger partial charge in [-0.05, 0) is 0 Å². The molecule has 1 atom stereocenters. The maximum absolute atomic E-state index is 4.38.